The van der Waals surface area contributed by atoms with Gasteiger partial charge in [0.2, 0.25) is 0 Å². The van der Waals surface area contributed by atoms with E-state index in [2.05, 4.69) is 6.58 Å². The molecule has 6 heteroatoms. The highest BCUT2D eigenvalue weighted by atomic mass is 16.6. The van der Waals surface area contributed by atoms with Gasteiger partial charge in [-0.15, -0.1) is 0 Å². The molecular formula is C27H30O6. The topological polar surface area (TPSA) is 74.2 Å². The lowest BCUT2D eigenvalue weighted by Gasteiger charge is -2.34. The molecule has 3 rings (SSSR count). The third-order valence-electron chi connectivity index (χ3n) is 5.77. The SMILES string of the molecule is C=C(C1=C(C)[C@H](OC(=O)c2ccc(OC)cc2)[C@@H](CO)OC1)/C(C)=C\c1ccccc1OC. The summed E-state index contributed by atoms with van der Waals surface area (Å²) in [5.74, 6) is 0.909. The first-order chi connectivity index (χ1) is 15.9. The number of hydrogen-bond acceptors (Lipinski definition) is 6. The molecule has 2 atom stereocenters. The van der Waals surface area contributed by atoms with Crippen molar-refractivity contribution in [1.82, 2.24) is 0 Å². The van der Waals surface area contributed by atoms with Crippen molar-refractivity contribution in [2.24, 2.45) is 0 Å². The molecule has 1 aliphatic rings. The highest BCUT2D eigenvalue weighted by molar-refractivity contribution is 5.89. The Hall–Kier alpha value is -3.35. The summed E-state index contributed by atoms with van der Waals surface area (Å²) in [6.45, 7) is 8.10. The van der Waals surface area contributed by atoms with Crippen LogP contribution >= 0.6 is 0 Å². The molecule has 1 heterocycles. The second kappa shape index (κ2) is 11.0. The number of hydrogen-bond donors (Lipinski definition) is 1. The maximum absolute atomic E-state index is 12.8. The molecule has 0 fully saturated rings. The number of carbonyl (C=O) groups excluding carboxylic acids is 1. The number of methoxy groups -OCH3 is 2. The summed E-state index contributed by atoms with van der Waals surface area (Å²) in [4.78, 5) is 12.8. The summed E-state index contributed by atoms with van der Waals surface area (Å²) in [7, 11) is 3.20. The molecule has 0 saturated heterocycles. The maximum atomic E-state index is 12.8. The highest BCUT2D eigenvalue weighted by Crippen LogP contribution is 2.32. The van der Waals surface area contributed by atoms with Crippen LogP contribution in [0.4, 0.5) is 0 Å². The fourth-order valence-electron chi connectivity index (χ4n) is 3.73. The Morgan fingerprint density at radius 1 is 1.15 bits per heavy atom. The molecule has 6 nitrogen and oxygen atoms in total. The first-order valence-corrected chi connectivity index (χ1v) is 10.7. The van der Waals surface area contributed by atoms with E-state index >= 15 is 0 Å². The highest BCUT2D eigenvalue weighted by Gasteiger charge is 2.34. The molecule has 0 saturated carbocycles. The molecule has 174 valence electrons. The van der Waals surface area contributed by atoms with Gasteiger partial charge in [0.05, 0.1) is 33.0 Å². The second-order valence-corrected chi connectivity index (χ2v) is 7.80. The molecule has 0 aromatic heterocycles. The van der Waals surface area contributed by atoms with Gasteiger partial charge >= 0.3 is 5.97 Å². The van der Waals surface area contributed by atoms with E-state index in [0.717, 1.165) is 33.6 Å². The zero-order valence-electron chi connectivity index (χ0n) is 19.5. The molecule has 0 radical (unpaired) electrons. The van der Waals surface area contributed by atoms with Crippen molar-refractivity contribution < 1.29 is 28.8 Å². The van der Waals surface area contributed by atoms with Crippen LogP contribution in [-0.4, -0.2) is 50.7 Å². The zero-order chi connectivity index (χ0) is 24.0. The molecular weight excluding hydrogens is 420 g/mol. The molecule has 0 unspecified atom stereocenters. The molecule has 0 aliphatic carbocycles. The van der Waals surface area contributed by atoms with E-state index in [1.54, 1.807) is 38.5 Å². The number of rotatable bonds is 8. The minimum atomic E-state index is -0.732. The van der Waals surface area contributed by atoms with Crippen LogP contribution in [0.25, 0.3) is 6.08 Å². The summed E-state index contributed by atoms with van der Waals surface area (Å²) in [6, 6.07) is 14.4. The van der Waals surface area contributed by atoms with Crippen LogP contribution in [0, 0.1) is 0 Å². The molecule has 0 spiro atoms. The molecule has 1 N–H and O–H groups in total. The van der Waals surface area contributed by atoms with E-state index in [1.165, 1.54) is 0 Å². The number of para-hydroxylation sites is 1. The van der Waals surface area contributed by atoms with Crippen LogP contribution in [0.3, 0.4) is 0 Å². The van der Waals surface area contributed by atoms with Gasteiger partial charge in [0, 0.05) is 5.56 Å². The molecule has 2 aromatic carbocycles. The summed E-state index contributed by atoms with van der Waals surface area (Å²) >= 11 is 0. The second-order valence-electron chi connectivity index (χ2n) is 7.80. The van der Waals surface area contributed by atoms with E-state index < -0.39 is 18.2 Å². The average molecular weight is 451 g/mol. The lowest BCUT2D eigenvalue weighted by Crippen LogP contribution is -2.41. The van der Waals surface area contributed by atoms with Crippen molar-refractivity contribution in [3.05, 3.63) is 88.5 Å². The largest absolute Gasteiger partial charge is 0.497 e. The van der Waals surface area contributed by atoms with E-state index in [0.29, 0.717) is 11.3 Å². The van der Waals surface area contributed by atoms with Crippen molar-refractivity contribution in [2.75, 3.05) is 27.4 Å². The summed E-state index contributed by atoms with van der Waals surface area (Å²) in [5.41, 5.74) is 4.68. The first kappa shape index (κ1) is 24.3. The van der Waals surface area contributed by atoms with Crippen molar-refractivity contribution in [2.45, 2.75) is 26.1 Å². The van der Waals surface area contributed by atoms with E-state index in [9.17, 15) is 9.90 Å². The predicted octanol–water partition coefficient (Wildman–Crippen LogP) is 4.60. The number of benzene rings is 2. The zero-order valence-corrected chi connectivity index (χ0v) is 19.5. The van der Waals surface area contributed by atoms with Gasteiger partial charge in [-0.25, -0.2) is 4.79 Å². The lowest BCUT2D eigenvalue weighted by molar-refractivity contribution is -0.0638. The van der Waals surface area contributed by atoms with Crippen molar-refractivity contribution >= 4 is 12.0 Å². The number of ether oxygens (including phenoxy) is 4. The Morgan fingerprint density at radius 3 is 2.48 bits per heavy atom. The maximum Gasteiger partial charge on any atom is 0.338 e. The van der Waals surface area contributed by atoms with Gasteiger partial charge in [-0.1, -0.05) is 24.8 Å². The van der Waals surface area contributed by atoms with Crippen LogP contribution in [0.1, 0.15) is 29.8 Å². The van der Waals surface area contributed by atoms with Crippen molar-refractivity contribution in [3.63, 3.8) is 0 Å². The Balaban J connectivity index is 1.86. The number of aliphatic hydroxyl groups is 1. The van der Waals surface area contributed by atoms with Gasteiger partial charge in [-0.05, 0) is 72.5 Å². The number of carbonyl (C=O) groups is 1. The van der Waals surface area contributed by atoms with E-state index in [-0.39, 0.29) is 13.2 Å². The third kappa shape index (κ3) is 5.53. The fourth-order valence-corrected chi connectivity index (χ4v) is 3.73. The Labute approximate surface area is 194 Å². The number of esters is 1. The lowest BCUT2D eigenvalue weighted by atomic mass is 9.89. The Morgan fingerprint density at radius 2 is 1.85 bits per heavy atom. The van der Waals surface area contributed by atoms with E-state index in [1.807, 2.05) is 44.2 Å². The van der Waals surface area contributed by atoms with Crippen molar-refractivity contribution in [3.8, 4) is 11.5 Å². The molecule has 0 bridgehead atoms. The van der Waals surface area contributed by atoms with Gasteiger partial charge in [0.25, 0.3) is 0 Å². The van der Waals surface area contributed by atoms with Crippen LogP contribution in [-0.2, 0) is 9.47 Å². The molecule has 0 amide bonds. The summed E-state index contributed by atoms with van der Waals surface area (Å²) in [6.07, 6.45) is 0.615. The first-order valence-electron chi connectivity index (χ1n) is 10.7. The average Bonchev–Trinajstić information content (AvgIpc) is 2.85. The van der Waals surface area contributed by atoms with Gasteiger partial charge in [-0.2, -0.15) is 0 Å². The smallest absolute Gasteiger partial charge is 0.338 e. The minimum Gasteiger partial charge on any atom is -0.497 e. The van der Waals surface area contributed by atoms with Gasteiger partial charge in [0.15, 0.2) is 6.10 Å². The van der Waals surface area contributed by atoms with Crippen LogP contribution in [0.15, 0.2) is 77.4 Å². The molecule has 33 heavy (non-hydrogen) atoms. The van der Waals surface area contributed by atoms with Gasteiger partial charge in [0.1, 0.15) is 17.6 Å². The summed E-state index contributed by atoms with van der Waals surface area (Å²) in [5, 5.41) is 9.81. The number of allylic oxidation sites excluding steroid dienone is 1. The van der Waals surface area contributed by atoms with Gasteiger partial charge < -0.3 is 24.1 Å². The quantitative estimate of drug-likeness (QED) is 0.468. The monoisotopic (exact) mass is 450 g/mol. The predicted molar refractivity (Wildman–Crippen MR) is 128 cm³/mol. The number of aliphatic hydroxyl groups excluding tert-OH is 1. The fraction of sp³-hybridized carbons (Fsp3) is 0.296. The Kier molecular flexibility index (Phi) is 8.09. The Bertz CT molecular complexity index is 1060. The minimum absolute atomic E-state index is 0.267. The molecule has 2 aromatic rings. The molecule has 1 aliphatic heterocycles. The normalized spacial score (nSPS) is 18.6. The van der Waals surface area contributed by atoms with Crippen LogP contribution < -0.4 is 9.47 Å². The van der Waals surface area contributed by atoms with Crippen molar-refractivity contribution in [1.29, 1.82) is 0 Å². The van der Waals surface area contributed by atoms with Gasteiger partial charge in [-0.3, -0.25) is 0 Å². The van der Waals surface area contributed by atoms with E-state index in [4.69, 9.17) is 18.9 Å². The van der Waals surface area contributed by atoms with Crippen LogP contribution in [0.5, 0.6) is 11.5 Å². The standard InChI is InChI=1S/C27H30O6/c1-17(14-21-8-6-7-9-24(21)31-5)18(2)23-16-32-25(15-28)26(19(23)3)33-27(29)20-10-12-22(30-4)13-11-20/h6-14,25-26,28H,2,15-16H2,1,3-5H3/b17-14-/t25-,26+/m1/s1. The third-order valence-corrected chi connectivity index (χ3v) is 5.77. The summed E-state index contributed by atoms with van der Waals surface area (Å²) < 4.78 is 22.2. The van der Waals surface area contributed by atoms with Crippen LogP contribution in [0.2, 0.25) is 0 Å².